The number of pyridine rings is 1. The van der Waals surface area contributed by atoms with Gasteiger partial charge in [-0.05, 0) is 31.2 Å². The van der Waals surface area contributed by atoms with Crippen LogP contribution in [0.2, 0.25) is 0 Å². The fourth-order valence-corrected chi connectivity index (χ4v) is 2.46. The predicted octanol–water partition coefficient (Wildman–Crippen LogP) is 4.06. The Balaban J connectivity index is 2.22. The Morgan fingerprint density at radius 2 is 2.05 bits per heavy atom. The van der Waals surface area contributed by atoms with E-state index in [4.69, 9.17) is 11.6 Å². The van der Waals surface area contributed by atoms with Gasteiger partial charge in [-0.2, -0.15) is 0 Å². The summed E-state index contributed by atoms with van der Waals surface area (Å²) in [5, 5.41) is -0.427. The molecule has 0 N–H and O–H groups in total. The van der Waals surface area contributed by atoms with Crippen molar-refractivity contribution >= 4 is 22.6 Å². The van der Waals surface area contributed by atoms with Crippen LogP contribution in [0.4, 0.5) is 8.78 Å². The molecule has 21 heavy (non-hydrogen) atoms. The van der Waals surface area contributed by atoms with Gasteiger partial charge in [0.15, 0.2) is 11.6 Å². The standard InChI is InChI=1S/C15H12ClF2N3/c1-9(16)15-20-12-6-5-11(17)13(18)14(12)21(15)8-10-4-2-3-7-19-10/h2-7,9H,8H2,1H3. The molecule has 0 saturated heterocycles. The van der Waals surface area contributed by atoms with E-state index in [0.717, 1.165) is 11.8 Å². The molecule has 0 aliphatic carbocycles. The van der Waals surface area contributed by atoms with Crippen molar-refractivity contribution in [3.05, 3.63) is 59.7 Å². The van der Waals surface area contributed by atoms with Gasteiger partial charge in [0.2, 0.25) is 0 Å². The number of imidazole rings is 1. The number of hydrogen-bond acceptors (Lipinski definition) is 2. The molecule has 0 saturated carbocycles. The van der Waals surface area contributed by atoms with Crippen LogP contribution in [0.25, 0.3) is 11.0 Å². The van der Waals surface area contributed by atoms with E-state index >= 15 is 0 Å². The van der Waals surface area contributed by atoms with Crippen LogP contribution >= 0.6 is 11.6 Å². The van der Waals surface area contributed by atoms with Crippen LogP contribution in [0.1, 0.15) is 23.8 Å². The predicted molar refractivity (Wildman–Crippen MR) is 77.3 cm³/mol. The van der Waals surface area contributed by atoms with Crippen LogP contribution in [0, 0.1) is 11.6 Å². The number of hydrogen-bond donors (Lipinski definition) is 0. The molecule has 1 unspecified atom stereocenters. The molecule has 0 spiro atoms. The second-order valence-electron chi connectivity index (χ2n) is 4.72. The molecule has 3 nitrogen and oxygen atoms in total. The number of aromatic nitrogens is 3. The fourth-order valence-electron chi connectivity index (χ4n) is 2.29. The summed E-state index contributed by atoms with van der Waals surface area (Å²) in [7, 11) is 0. The fraction of sp³-hybridized carbons (Fsp3) is 0.200. The molecule has 108 valence electrons. The Morgan fingerprint density at radius 1 is 1.24 bits per heavy atom. The average molecular weight is 308 g/mol. The zero-order valence-electron chi connectivity index (χ0n) is 11.2. The maximum Gasteiger partial charge on any atom is 0.184 e. The van der Waals surface area contributed by atoms with Gasteiger partial charge < -0.3 is 4.57 Å². The Morgan fingerprint density at radius 3 is 2.71 bits per heavy atom. The highest BCUT2D eigenvalue weighted by molar-refractivity contribution is 6.20. The third-order valence-corrected chi connectivity index (χ3v) is 3.43. The number of fused-ring (bicyclic) bond motifs is 1. The highest BCUT2D eigenvalue weighted by Gasteiger charge is 2.20. The monoisotopic (exact) mass is 307 g/mol. The number of benzene rings is 1. The summed E-state index contributed by atoms with van der Waals surface area (Å²) in [5.74, 6) is -1.33. The molecule has 0 aliphatic heterocycles. The molecular weight excluding hydrogens is 296 g/mol. The minimum atomic E-state index is -0.917. The van der Waals surface area contributed by atoms with Crippen LogP contribution < -0.4 is 0 Å². The van der Waals surface area contributed by atoms with E-state index in [9.17, 15) is 8.78 Å². The number of halogens is 3. The quantitative estimate of drug-likeness (QED) is 0.683. The minimum Gasteiger partial charge on any atom is -0.318 e. The summed E-state index contributed by atoms with van der Waals surface area (Å²) >= 11 is 6.12. The second-order valence-corrected chi connectivity index (χ2v) is 5.38. The lowest BCUT2D eigenvalue weighted by Crippen LogP contribution is -2.08. The molecular formula is C15H12ClF2N3. The van der Waals surface area contributed by atoms with E-state index < -0.39 is 17.0 Å². The number of nitrogens with zero attached hydrogens (tertiary/aromatic N) is 3. The molecule has 3 aromatic rings. The smallest absolute Gasteiger partial charge is 0.184 e. The summed E-state index contributed by atoms with van der Waals surface area (Å²) in [6.45, 7) is 2.02. The van der Waals surface area contributed by atoms with Crippen LogP contribution in [-0.2, 0) is 6.54 Å². The molecule has 0 amide bonds. The molecule has 2 heterocycles. The lowest BCUT2D eigenvalue weighted by molar-refractivity contribution is 0.511. The average Bonchev–Trinajstić information content (AvgIpc) is 2.84. The highest BCUT2D eigenvalue weighted by atomic mass is 35.5. The molecule has 6 heteroatoms. The summed E-state index contributed by atoms with van der Waals surface area (Å²) in [4.78, 5) is 8.51. The maximum absolute atomic E-state index is 14.1. The van der Waals surface area contributed by atoms with Crippen molar-refractivity contribution in [1.82, 2.24) is 14.5 Å². The summed E-state index contributed by atoms with van der Waals surface area (Å²) in [6.07, 6.45) is 1.65. The Kier molecular flexibility index (Phi) is 3.59. The van der Waals surface area contributed by atoms with E-state index in [0.29, 0.717) is 11.3 Å². The normalized spacial score (nSPS) is 12.8. The van der Waals surface area contributed by atoms with Crippen molar-refractivity contribution < 1.29 is 8.78 Å². The third kappa shape index (κ3) is 2.49. The van der Waals surface area contributed by atoms with Crippen molar-refractivity contribution in [2.45, 2.75) is 18.8 Å². The largest absolute Gasteiger partial charge is 0.318 e. The minimum absolute atomic E-state index is 0.114. The van der Waals surface area contributed by atoms with Crippen LogP contribution in [0.5, 0.6) is 0 Å². The highest BCUT2D eigenvalue weighted by Crippen LogP contribution is 2.28. The van der Waals surface area contributed by atoms with E-state index in [-0.39, 0.29) is 12.1 Å². The molecule has 0 radical (unpaired) electrons. The molecule has 0 aliphatic rings. The SMILES string of the molecule is CC(Cl)c1nc2ccc(F)c(F)c2n1Cc1ccccn1. The lowest BCUT2D eigenvalue weighted by Gasteiger charge is -2.10. The second kappa shape index (κ2) is 5.41. The van der Waals surface area contributed by atoms with Crippen molar-refractivity contribution in [1.29, 1.82) is 0 Å². The summed E-state index contributed by atoms with van der Waals surface area (Å²) in [6, 6.07) is 7.96. The van der Waals surface area contributed by atoms with Gasteiger partial charge in [-0.15, -0.1) is 11.6 Å². The van der Waals surface area contributed by atoms with E-state index in [2.05, 4.69) is 9.97 Å². The molecule has 0 fully saturated rings. The molecule has 3 rings (SSSR count). The van der Waals surface area contributed by atoms with Gasteiger partial charge in [-0.1, -0.05) is 6.07 Å². The molecule has 1 atom stereocenters. The third-order valence-electron chi connectivity index (χ3n) is 3.23. The zero-order chi connectivity index (χ0) is 15.0. The van der Waals surface area contributed by atoms with E-state index in [1.165, 1.54) is 6.07 Å². The number of alkyl halides is 1. The van der Waals surface area contributed by atoms with Crippen molar-refractivity contribution in [2.24, 2.45) is 0 Å². The van der Waals surface area contributed by atoms with Gasteiger partial charge in [-0.3, -0.25) is 4.98 Å². The van der Waals surface area contributed by atoms with Gasteiger partial charge in [-0.25, -0.2) is 13.8 Å². The lowest BCUT2D eigenvalue weighted by atomic mass is 10.2. The summed E-state index contributed by atoms with van der Waals surface area (Å²) < 4.78 is 29.2. The van der Waals surface area contributed by atoms with Crippen LogP contribution in [0.15, 0.2) is 36.5 Å². The molecule has 0 bridgehead atoms. The summed E-state index contributed by atoms with van der Waals surface area (Å²) in [5.41, 5.74) is 1.22. The van der Waals surface area contributed by atoms with Crippen molar-refractivity contribution in [3.8, 4) is 0 Å². The van der Waals surface area contributed by atoms with Crippen molar-refractivity contribution in [2.75, 3.05) is 0 Å². The Labute approximate surface area is 125 Å². The van der Waals surface area contributed by atoms with Gasteiger partial charge in [0.05, 0.1) is 23.1 Å². The van der Waals surface area contributed by atoms with Gasteiger partial charge in [0.25, 0.3) is 0 Å². The molecule has 1 aromatic carbocycles. The maximum atomic E-state index is 14.1. The number of rotatable bonds is 3. The first-order valence-corrected chi connectivity index (χ1v) is 6.89. The first kappa shape index (κ1) is 13.9. The van der Waals surface area contributed by atoms with Crippen molar-refractivity contribution in [3.63, 3.8) is 0 Å². The van der Waals surface area contributed by atoms with Gasteiger partial charge in [0.1, 0.15) is 11.3 Å². The first-order chi connectivity index (χ1) is 10.1. The first-order valence-electron chi connectivity index (χ1n) is 6.46. The van der Waals surface area contributed by atoms with E-state index in [1.54, 1.807) is 23.8 Å². The Bertz CT molecular complexity index is 784. The van der Waals surface area contributed by atoms with E-state index in [1.807, 2.05) is 12.1 Å². The van der Waals surface area contributed by atoms with Gasteiger partial charge >= 0.3 is 0 Å². The topological polar surface area (TPSA) is 30.7 Å². The molecule has 2 aromatic heterocycles. The van der Waals surface area contributed by atoms with Crippen LogP contribution in [-0.4, -0.2) is 14.5 Å². The van der Waals surface area contributed by atoms with Crippen LogP contribution in [0.3, 0.4) is 0 Å². The zero-order valence-corrected chi connectivity index (χ0v) is 12.0. The Hall–Kier alpha value is -2.01. The van der Waals surface area contributed by atoms with Gasteiger partial charge in [0, 0.05) is 6.20 Å².